The summed E-state index contributed by atoms with van der Waals surface area (Å²) >= 11 is 0. The Morgan fingerprint density at radius 1 is 1.22 bits per heavy atom. The van der Waals surface area contributed by atoms with Gasteiger partial charge in [0, 0.05) is 0 Å². The Labute approximate surface area is 109 Å². The molecule has 0 spiro atoms. The maximum absolute atomic E-state index is 12.0. The molecule has 0 aromatic rings. The van der Waals surface area contributed by atoms with Crippen molar-refractivity contribution in [1.82, 2.24) is 0 Å². The number of hydrogen-bond donors (Lipinski definition) is 0. The summed E-state index contributed by atoms with van der Waals surface area (Å²) in [5.74, 6) is -0.861. The molecule has 0 aliphatic rings. The number of allylic oxidation sites excluding steroid dienone is 1. The third kappa shape index (κ3) is 4.51. The molecule has 0 amide bonds. The van der Waals surface area contributed by atoms with Crippen molar-refractivity contribution in [2.24, 2.45) is 11.3 Å². The molecule has 0 saturated heterocycles. The average molecular weight is 256 g/mol. The fraction of sp³-hybridized carbons (Fsp3) is 0.714. The smallest absolute Gasteiger partial charge is 0.323 e. The van der Waals surface area contributed by atoms with Gasteiger partial charge in [0.1, 0.15) is 0 Å². The quantitative estimate of drug-likeness (QED) is 0.380. The van der Waals surface area contributed by atoms with E-state index in [1.807, 2.05) is 6.92 Å². The van der Waals surface area contributed by atoms with Gasteiger partial charge < -0.3 is 9.47 Å². The van der Waals surface area contributed by atoms with Crippen molar-refractivity contribution < 1.29 is 19.1 Å². The molecule has 0 fully saturated rings. The summed E-state index contributed by atoms with van der Waals surface area (Å²) in [6.45, 7) is 11.2. The van der Waals surface area contributed by atoms with Crippen LogP contribution in [0.5, 0.6) is 0 Å². The van der Waals surface area contributed by atoms with Gasteiger partial charge in [0.25, 0.3) is 0 Å². The van der Waals surface area contributed by atoms with Crippen LogP contribution in [0.25, 0.3) is 0 Å². The van der Waals surface area contributed by atoms with Crippen molar-refractivity contribution in [3.8, 4) is 0 Å². The molecule has 0 bridgehead atoms. The highest BCUT2D eigenvalue weighted by atomic mass is 16.6. The number of rotatable bonds is 8. The SMILES string of the molecule is C=CC[C@@H](C)CC(C)(C(=O)OCC)C(=O)OCC. The molecule has 18 heavy (non-hydrogen) atoms. The van der Waals surface area contributed by atoms with Gasteiger partial charge in [-0.1, -0.05) is 13.0 Å². The highest BCUT2D eigenvalue weighted by molar-refractivity contribution is 5.99. The standard InChI is InChI=1S/C14H24O4/c1-6-9-11(4)10-14(5,12(15)17-7-2)13(16)18-8-3/h6,11H,1,7-10H2,2-5H3/t11-/m1/s1. The predicted octanol–water partition coefficient (Wildman–Crippen LogP) is 2.72. The van der Waals surface area contributed by atoms with Gasteiger partial charge >= 0.3 is 11.9 Å². The topological polar surface area (TPSA) is 52.6 Å². The molecular formula is C14H24O4. The Morgan fingerprint density at radius 2 is 1.67 bits per heavy atom. The first-order valence-electron chi connectivity index (χ1n) is 6.37. The van der Waals surface area contributed by atoms with E-state index in [0.717, 1.165) is 6.42 Å². The zero-order chi connectivity index (χ0) is 14.2. The molecule has 0 heterocycles. The lowest BCUT2D eigenvalue weighted by Gasteiger charge is -2.27. The first-order chi connectivity index (χ1) is 8.42. The zero-order valence-electron chi connectivity index (χ0n) is 11.8. The van der Waals surface area contributed by atoms with Crippen molar-refractivity contribution in [1.29, 1.82) is 0 Å². The van der Waals surface area contributed by atoms with Crippen LogP contribution >= 0.6 is 0 Å². The summed E-state index contributed by atoms with van der Waals surface area (Å²) in [6.07, 6.45) is 2.92. The monoisotopic (exact) mass is 256 g/mol. The van der Waals surface area contributed by atoms with Crippen LogP contribution in [-0.2, 0) is 19.1 Å². The zero-order valence-corrected chi connectivity index (χ0v) is 11.8. The fourth-order valence-electron chi connectivity index (χ4n) is 1.90. The molecule has 104 valence electrons. The molecule has 0 saturated carbocycles. The fourth-order valence-corrected chi connectivity index (χ4v) is 1.90. The van der Waals surface area contributed by atoms with E-state index in [1.165, 1.54) is 0 Å². The molecule has 0 aliphatic heterocycles. The van der Waals surface area contributed by atoms with Crippen LogP contribution < -0.4 is 0 Å². The molecule has 0 aromatic carbocycles. The van der Waals surface area contributed by atoms with Crippen LogP contribution in [0.3, 0.4) is 0 Å². The molecule has 0 rings (SSSR count). The Hall–Kier alpha value is -1.32. The van der Waals surface area contributed by atoms with E-state index in [1.54, 1.807) is 26.8 Å². The molecule has 1 atom stereocenters. The van der Waals surface area contributed by atoms with Crippen LogP contribution in [0.4, 0.5) is 0 Å². The predicted molar refractivity (Wildman–Crippen MR) is 70.0 cm³/mol. The van der Waals surface area contributed by atoms with Crippen LogP contribution in [0.1, 0.15) is 40.5 Å². The Balaban J connectivity index is 4.95. The largest absolute Gasteiger partial charge is 0.465 e. The van der Waals surface area contributed by atoms with Crippen LogP contribution in [-0.4, -0.2) is 25.2 Å². The molecule has 0 N–H and O–H groups in total. The minimum atomic E-state index is -1.23. The minimum absolute atomic E-state index is 0.168. The Morgan fingerprint density at radius 3 is 2.00 bits per heavy atom. The summed E-state index contributed by atoms with van der Waals surface area (Å²) < 4.78 is 9.98. The molecule has 4 heteroatoms. The van der Waals surface area contributed by atoms with E-state index >= 15 is 0 Å². The Kier molecular flexibility index (Phi) is 7.32. The molecule has 0 aromatic heterocycles. The van der Waals surface area contributed by atoms with E-state index in [9.17, 15) is 9.59 Å². The molecule has 4 nitrogen and oxygen atoms in total. The van der Waals surface area contributed by atoms with Gasteiger partial charge in [-0.2, -0.15) is 0 Å². The van der Waals surface area contributed by atoms with E-state index < -0.39 is 17.4 Å². The molecule has 0 unspecified atom stereocenters. The second kappa shape index (κ2) is 7.90. The van der Waals surface area contributed by atoms with E-state index in [2.05, 4.69) is 6.58 Å². The first kappa shape index (κ1) is 16.7. The minimum Gasteiger partial charge on any atom is -0.465 e. The summed E-state index contributed by atoms with van der Waals surface area (Å²) in [5.41, 5.74) is -1.23. The maximum atomic E-state index is 12.0. The van der Waals surface area contributed by atoms with Gasteiger partial charge in [-0.25, -0.2) is 0 Å². The number of hydrogen-bond acceptors (Lipinski definition) is 4. The summed E-state index contributed by atoms with van der Waals surface area (Å²) in [4.78, 5) is 23.9. The third-order valence-corrected chi connectivity index (χ3v) is 2.78. The lowest BCUT2D eigenvalue weighted by atomic mass is 9.80. The highest BCUT2D eigenvalue weighted by Crippen LogP contribution is 2.31. The van der Waals surface area contributed by atoms with Gasteiger partial charge in [-0.05, 0) is 39.5 Å². The van der Waals surface area contributed by atoms with E-state index in [-0.39, 0.29) is 19.1 Å². The number of carbonyl (C=O) groups excluding carboxylic acids is 2. The van der Waals surface area contributed by atoms with Gasteiger partial charge in [-0.15, -0.1) is 6.58 Å². The summed E-state index contributed by atoms with van der Waals surface area (Å²) in [6, 6.07) is 0. The van der Waals surface area contributed by atoms with Gasteiger partial charge in [-0.3, -0.25) is 9.59 Å². The van der Waals surface area contributed by atoms with E-state index in [4.69, 9.17) is 9.47 Å². The number of esters is 2. The second-order valence-corrected chi connectivity index (χ2v) is 4.61. The highest BCUT2D eigenvalue weighted by Gasteiger charge is 2.44. The van der Waals surface area contributed by atoms with Crippen molar-refractivity contribution in [3.63, 3.8) is 0 Å². The van der Waals surface area contributed by atoms with Gasteiger partial charge in [0.2, 0.25) is 0 Å². The lowest BCUT2D eigenvalue weighted by molar-refractivity contribution is -0.172. The molecule has 0 radical (unpaired) electrons. The van der Waals surface area contributed by atoms with Crippen molar-refractivity contribution in [3.05, 3.63) is 12.7 Å². The third-order valence-electron chi connectivity index (χ3n) is 2.78. The average Bonchev–Trinajstić information content (AvgIpc) is 2.29. The first-order valence-corrected chi connectivity index (χ1v) is 6.37. The number of carbonyl (C=O) groups is 2. The van der Waals surface area contributed by atoms with Crippen LogP contribution in [0.2, 0.25) is 0 Å². The van der Waals surface area contributed by atoms with Crippen molar-refractivity contribution in [2.45, 2.75) is 40.5 Å². The number of ether oxygens (including phenoxy) is 2. The molecular weight excluding hydrogens is 232 g/mol. The lowest BCUT2D eigenvalue weighted by Crippen LogP contribution is -2.40. The Bertz CT molecular complexity index is 278. The van der Waals surface area contributed by atoms with E-state index in [0.29, 0.717) is 6.42 Å². The normalized spacial score (nSPS) is 12.7. The van der Waals surface area contributed by atoms with Crippen LogP contribution in [0, 0.1) is 11.3 Å². The summed E-state index contributed by atoms with van der Waals surface area (Å²) in [5, 5.41) is 0. The second-order valence-electron chi connectivity index (χ2n) is 4.61. The summed E-state index contributed by atoms with van der Waals surface area (Å²) in [7, 11) is 0. The molecule has 0 aliphatic carbocycles. The van der Waals surface area contributed by atoms with Crippen molar-refractivity contribution >= 4 is 11.9 Å². The van der Waals surface area contributed by atoms with Gasteiger partial charge in [0.05, 0.1) is 13.2 Å². The van der Waals surface area contributed by atoms with Gasteiger partial charge in [0.15, 0.2) is 5.41 Å². The van der Waals surface area contributed by atoms with Crippen LogP contribution in [0.15, 0.2) is 12.7 Å². The maximum Gasteiger partial charge on any atom is 0.323 e. The van der Waals surface area contributed by atoms with Crippen molar-refractivity contribution in [2.75, 3.05) is 13.2 Å².